The summed E-state index contributed by atoms with van der Waals surface area (Å²) in [5, 5.41) is 0. The Hall–Kier alpha value is -2.02. The number of rotatable bonds is 3. The predicted molar refractivity (Wildman–Crippen MR) is 92.5 cm³/mol. The van der Waals surface area contributed by atoms with E-state index in [1.165, 1.54) is 30.4 Å². The molecule has 0 N–H and O–H groups in total. The first-order chi connectivity index (χ1) is 10.8. The molecule has 1 aliphatic carbocycles. The van der Waals surface area contributed by atoms with Crippen LogP contribution in [0.15, 0.2) is 66.2 Å². The third-order valence-corrected chi connectivity index (χ3v) is 4.84. The van der Waals surface area contributed by atoms with Crippen molar-refractivity contribution in [3.63, 3.8) is 0 Å². The van der Waals surface area contributed by atoms with Crippen molar-refractivity contribution < 1.29 is 4.74 Å². The summed E-state index contributed by atoms with van der Waals surface area (Å²) in [6.45, 7) is 2.19. The lowest BCUT2D eigenvalue weighted by atomic mass is 9.71. The van der Waals surface area contributed by atoms with Crippen LogP contribution in [0, 0.1) is 0 Å². The van der Waals surface area contributed by atoms with Crippen LogP contribution in [0.25, 0.3) is 0 Å². The van der Waals surface area contributed by atoms with Gasteiger partial charge in [-0.05, 0) is 43.0 Å². The Morgan fingerprint density at radius 2 is 1.45 bits per heavy atom. The summed E-state index contributed by atoms with van der Waals surface area (Å²) in [5.74, 6) is 2.03. The van der Waals surface area contributed by atoms with Crippen LogP contribution in [-0.4, -0.2) is 7.11 Å². The fourth-order valence-electron chi connectivity index (χ4n) is 3.74. The molecule has 1 saturated carbocycles. The first-order valence-corrected chi connectivity index (χ1v) is 8.18. The van der Waals surface area contributed by atoms with Crippen LogP contribution in [0.5, 0.6) is 5.75 Å². The molecule has 0 saturated heterocycles. The summed E-state index contributed by atoms with van der Waals surface area (Å²) in [6.07, 6.45) is 6.13. The highest BCUT2D eigenvalue weighted by Crippen LogP contribution is 2.45. The molecule has 1 aliphatic rings. The quantitative estimate of drug-likeness (QED) is 0.660. The Balaban J connectivity index is 1.91. The number of benzene rings is 2. The molecule has 0 unspecified atom stereocenters. The van der Waals surface area contributed by atoms with Gasteiger partial charge in [0.1, 0.15) is 5.75 Å². The van der Waals surface area contributed by atoms with E-state index in [0.717, 1.165) is 5.75 Å². The van der Waals surface area contributed by atoms with E-state index in [0.29, 0.717) is 11.8 Å². The van der Waals surface area contributed by atoms with Crippen molar-refractivity contribution >= 4 is 0 Å². The normalized spacial score (nSPS) is 23.5. The number of hydrogen-bond donors (Lipinski definition) is 0. The molecule has 1 fully saturated rings. The maximum Gasteiger partial charge on any atom is 0.118 e. The molecule has 22 heavy (non-hydrogen) atoms. The topological polar surface area (TPSA) is 9.23 Å². The fraction of sp³-hybridized carbons (Fsp3) is 0.333. The molecule has 0 aromatic heterocycles. The number of hydrogen-bond acceptors (Lipinski definition) is 1. The van der Waals surface area contributed by atoms with Crippen molar-refractivity contribution in [2.75, 3.05) is 7.11 Å². The van der Waals surface area contributed by atoms with E-state index in [-0.39, 0.29) is 0 Å². The van der Waals surface area contributed by atoms with E-state index in [4.69, 9.17) is 4.74 Å². The monoisotopic (exact) mass is 292 g/mol. The van der Waals surface area contributed by atoms with Gasteiger partial charge in [0.25, 0.3) is 0 Å². The largest absolute Gasteiger partial charge is 0.497 e. The van der Waals surface area contributed by atoms with Crippen LogP contribution in [-0.2, 0) is 0 Å². The van der Waals surface area contributed by atoms with Crippen LogP contribution in [0.4, 0.5) is 0 Å². The zero-order chi connectivity index (χ0) is 15.4. The average Bonchev–Trinajstić information content (AvgIpc) is 2.62. The van der Waals surface area contributed by atoms with Gasteiger partial charge in [-0.3, -0.25) is 0 Å². The highest BCUT2D eigenvalue weighted by molar-refractivity contribution is 5.40. The van der Waals surface area contributed by atoms with Gasteiger partial charge in [-0.2, -0.15) is 0 Å². The summed E-state index contributed by atoms with van der Waals surface area (Å²) >= 11 is 0. The zero-order valence-electron chi connectivity index (χ0n) is 13.5. The van der Waals surface area contributed by atoms with Crippen molar-refractivity contribution in [1.29, 1.82) is 0 Å². The molecule has 0 amide bonds. The van der Waals surface area contributed by atoms with Gasteiger partial charge < -0.3 is 4.74 Å². The Morgan fingerprint density at radius 1 is 0.864 bits per heavy atom. The molecule has 0 spiro atoms. The van der Waals surface area contributed by atoms with Gasteiger partial charge in [0.05, 0.1) is 7.11 Å². The van der Waals surface area contributed by atoms with Crippen molar-refractivity contribution in [2.45, 2.75) is 38.0 Å². The van der Waals surface area contributed by atoms with Gasteiger partial charge in [0.2, 0.25) is 0 Å². The third kappa shape index (κ3) is 2.94. The van der Waals surface area contributed by atoms with Crippen molar-refractivity contribution in [3.8, 4) is 5.75 Å². The lowest BCUT2D eigenvalue weighted by molar-refractivity contribution is 0.414. The number of methoxy groups -OCH3 is 1. The maximum atomic E-state index is 5.29. The minimum absolute atomic E-state index is 0.537. The van der Waals surface area contributed by atoms with E-state index in [9.17, 15) is 0 Å². The SMILES string of the molecule is CC=C1[C@H](c2ccccc2)CCC[C@H]1c1ccc(OC)cc1. The van der Waals surface area contributed by atoms with E-state index in [1.807, 2.05) is 0 Å². The van der Waals surface area contributed by atoms with E-state index in [2.05, 4.69) is 67.6 Å². The highest BCUT2D eigenvalue weighted by atomic mass is 16.5. The van der Waals surface area contributed by atoms with Crippen molar-refractivity contribution in [1.82, 2.24) is 0 Å². The molecule has 0 radical (unpaired) electrons. The third-order valence-electron chi connectivity index (χ3n) is 4.84. The molecule has 2 atom stereocenters. The van der Waals surface area contributed by atoms with Gasteiger partial charge in [0.15, 0.2) is 0 Å². The summed E-state index contributed by atoms with van der Waals surface area (Å²) in [5.41, 5.74) is 4.44. The summed E-state index contributed by atoms with van der Waals surface area (Å²) in [4.78, 5) is 0. The molecule has 3 rings (SSSR count). The molecule has 1 nitrogen and oxygen atoms in total. The van der Waals surface area contributed by atoms with Crippen LogP contribution >= 0.6 is 0 Å². The predicted octanol–water partition coefficient (Wildman–Crippen LogP) is 5.69. The first-order valence-electron chi connectivity index (χ1n) is 8.18. The average molecular weight is 292 g/mol. The second-order valence-electron chi connectivity index (χ2n) is 6.01. The summed E-state index contributed by atoms with van der Waals surface area (Å²) in [7, 11) is 1.72. The minimum atomic E-state index is 0.537. The van der Waals surface area contributed by atoms with Gasteiger partial charge in [-0.1, -0.05) is 60.5 Å². The number of ether oxygens (including phenoxy) is 1. The van der Waals surface area contributed by atoms with E-state index < -0.39 is 0 Å². The van der Waals surface area contributed by atoms with Crippen LogP contribution in [0.3, 0.4) is 0 Å². The smallest absolute Gasteiger partial charge is 0.118 e. The second-order valence-corrected chi connectivity index (χ2v) is 6.01. The fourth-order valence-corrected chi connectivity index (χ4v) is 3.74. The van der Waals surface area contributed by atoms with Gasteiger partial charge in [-0.25, -0.2) is 0 Å². The van der Waals surface area contributed by atoms with E-state index in [1.54, 1.807) is 12.7 Å². The highest BCUT2D eigenvalue weighted by Gasteiger charge is 2.28. The molecule has 0 bridgehead atoms. The first kappa shape index (κ1) is 14.9. The minimum Gasteiger partial charge on any atom is -0.497 e. The van der Waals surface area contributed by atoms with Crippen LogP contribution < -0.4 is 4.74 Å². The van der Waals surface area contributed by atoms with Crippen molar-refractivity contribution in [2.24, 2.45) is 0 Å². The van der Waals surface area contributed by atoms with E-state index >= 15 is 0 Å². The summed E-state index contributed by atoms with van der Waals surface area (Å²) < 4.78 is 5.29. The molecule has 114 valence electrons. The zero-order valence-corrected chi connectivity index (χ0v) is 13.5. The molecular weight excluding hydrogens is 268 g/mol. The molecule has 2 aromatic carbocycles. The molecule has 1 heteroatoms. The van der Waals surface area contributed by atoms with Crippen LogP contribution in [0.2, 0.25) is 0 Å². The Bertz CT molecular complexity index is 625. The standard InChI is InChI=1S/C21H24O/c1-3-19-20(16-8-5-4-6-9-16)10-7-11-21(19)17-12-14-18(22-2)15-13-17/h3-6,8-9,12-15,20-21H,7,10-11H2,1-2H3/t20-,21-/m0/s1. The van der Waals surface area contributed by atoms with Crippen molar-refractivity contribution in [3.05, 3.63) is 77.4 Å². The molecule has 2 aromatic rings. The number of allylic oxidation sites excluding steroid dienone is 2. The lowest BCUT2D eigenvalue weighted by Gasteiger charge is -2.33. The maximum absolute atomic E-state index is 5.29. The second kappa shape index (κ2) is 6.83. The lowest BCUT2D eigenvalue weighted by Crippen LogP contribution is -2.16. The Kier molecular flexibility index (Phi) is 4.62. The molecule has 0 heterocycles. The van der Waals surface area contributed by atoms with Gasteiger partial charge >= 0.3 is 0 Å². The van der Waals surface area contributed by atoms with Gasteiger partial charge in [-0.15, -0.1) is 0 Å². The Labute approximate surface area is 133 Å². The summed E-state index contributed by atoms with van der Waals surface area (Å²) in [6, 6.07) is 19.5. The Morgan fingerprint density at radius 3 is 2.00 bits per heavy atom. The molecule has 0 aliphatic heterocycles. The molecular formula is C21H24O. The van der Waals surface area contributed by atoms with Crippen LogP contribution in [0.1, 0.15) is 49.1 Å². The van der Waals surface area contributed by atoms with Gasteiger partial charge in [0, 0.05) is 11.8 Å².